The van der Waals surface area contributed by atoms with Crippen LogP contribution >= 0.6 is 0 Å². The van der Waals surface area contributed by atoms with Crippen LogP contribution in [0.1, 0.15) is 56.1 Å². The van der Waals surface area contributed by atoms with Gasteiger partial charge in [-0.3, -0.25) is 24.0 Å². The van der Waals surface area contributed by atoms with Crippen LogP contribution in [0.5, 0.6) is 0 Å². The van der Waals surface area contributed by atoms with E-state index in [9.17, 15) is 24.0 Å². The van der Waals surface area contributed by atoms with Crippen molar-refractivity contribution in [2.75, 3.05) is 13.1 Å². The number of nitrogens with zero attached hydrogens (tertiary/aromatic N) is 1. The number of H-pyrrole nitrogens is 1. The van der Waals surface area contributed by atoms with Gasteiger partial charge < -0.3 is 30.6 Å². The minimum absolute atomic E-state index is 0.0280. The molecule has 3 aromatic rings. The molecular weight excluding hydrogens is 562 g/mol. The number of hydrogen-bond donors (Lipinski definition) is 4. The topological polar surface area (TPSA) is 150 Å². The fourth-order valence-corrected chi connectivity index (χ4v) is 5.88. The Morgan fingerprint density at radius 3 is 2.45 bits per heavy atom. The molecule has 4 N–H and O–H groups in total. The molecular formula is C33H39N5O6. The smallest absolute Gasteiger partial charge is 0.289 e. The number of aromatic amines is 1. The summed E-state index contributed by atoms with van der Waals surface area (Å²) in [6.45, 7) is 6.47. The van der Waals surface area contributed by atoms with Gasteiger partial charge in [-0.05, 0) is 51.3 Å². The zero-order valence-corrected chi connectivity index (χ0v) is 25.2. The van der Waals surface area contributed by atoms with Crippen molar-refractivity contribution in [1.82, 2.24) is 25.8 Å². The van der Waals surface area contributed by atoms with Crippen LogP contribution in [0.3, 0.4) is 0 Å². The molecule has 4 atom stereocenters. The molecule has 2 saturated heterocycles. The third kappa shape index (κ3) is 7.34. The molecule has 0 bridgehead atoms. The summed E-state index contributed by atoms with van der Waals surface area (Å²) in [6.07, 6.45) is 0.239. The van der Waals surface area contributed by atoms with E-state index < -0.39 is 47.3 Å². The standard InChI is InChI=1S/C33H39N5O6/c1-33(2,3)44-23-17-27(38(19-23)32(43)26-15-21-11-7-8-12-24(21)36-26)30(41)37-25(16-22-13-14-34-29(22)40)28(39)31(42)35-18-20-9-5-4-6-10-20/h4-12,15,22-23,25,27,36H,13-14,16-19H2,1-3H3,(H,34,40)(H,35,42)(H,37,41)/t22-,23+,25?,27-/m0/s1. The Labute approximate surface area is 256 Å². The first-order valence-corrected chi connectivity index (χ1v) is 15.0. The van der Waals surface area contributed by atoms with E-state index in [2.05, 4.69) is 20.9 Å². The molecule has 1 unspecified atom stereocenters. The number of carbonyl (C=O) groups is 5. The molecule has 4 amide bonds. The van der Waals surface area contributed by atoms with Crippen molar-refractivity contribution < 1.29 is 28.7 Å². The molecule has 11 heteroatoms. The lowest BCUT2D eigenvalue weighted by molar-refractivity contribution is -0.141. The van der Waals surface area contributed by atoms with Gasteiger partial charge in [-0.25, -0.2) is 0 Å². The van der Waals surface area contributed by atoms with Crippen molar-refractivity contribution in [3.8, 4) is 0 Å². The van der Waals surface area contributed by atoms with Gasteiger partial charge in [0.25, 0.3) is 11.8 Å². The van der Waals surface area contributed by atoms with Crippen molar-refractivity contribution in [1.29, 1.82) is 0 Å². The maximum absolute atomic E-state index is 13.9. The summed E-state index contributed by atoms with van der Waals surface area (Å²) in [6, 6.07) is 16.2. The number of likely N-dealkylation sites (tertiary alicyclic amines) is 1. The number of hydrogen-bond acceptors (Lipinski definition) is 6. The molecule has 2 aromatic carbocycles. The lowest BCUT2D eigenvalue weighted by Crippen LogP contribution is -2.54. The first kappa shape index (κ1) is 30.9. The number of amides is 4. The Hall–Kier alpha value is -4.51. The lowest BCUT2D eigenvalue weighted by Gasteiger charge is -2.26. The Balaban J connectivity index is 1.36. The lowest BCUT2D eigenvalue weighted by atomic mass is 9.95. The monoisotopic (exact) mass is 601 g/mol. The number of benzene rings is 2. The second-order valence-electron chi connectivity index (χ2n) is 12.4. The summed E-state index contributed by atoms with van der Waals surface area (Å²) in [5, 5.41) is 8.97. The molecule has 0 spiro atoms. The number of fused-ring (bicyclic) bond motifs is 1. The van der Waals surface area contributed by atoms with Crippen molar-refractivity contribution >= 4 is 40.3 Å². The van der Waals surface area contributed by atoms with Crippen molar-refractivity contribution in [2.45, 2.75) is 70.4 Å². The second kappa shape index (κ2) is 13.0. The molecule has 0 saturated carbocycles. The Bertz CT molecular complexity index is 1510. The van der Waals surface area contributed by atoms with E-state index in [-0.39, 0.29) is 37.7 Å². The van der Waals surface area contributed by atoms with E-state index in [1.165, 1.54) is 4.90 Å². The van der Waals surface area contributed by atoms with Crippen LogP contribution in [-0.4, -0.2) is 76.2 Å². The summed E-state index contributed by atoms with van der Waals surface area (Å²) in [5.74, 6) is -3.42. The number of ketones is 1. The number of nitrogens with one attached hydrogen (secondary N) is 4. The SMILES string of the molecule is CC(C)(C)O[C@@H]1C[C@@H](C(=O)NC(C[C@@H]2CCNC2=O)C(=O)C(=O)NCc2ccccc2)N(C(=O)c2cc3ccccc3[nH]2)C1. The largest absolute Gasteiger partial charge is 0.371 e. The summed E-state index contributed by atoms with van der Waals surface area (Å²) in [7, 11) is 0. The van der Waals surface area contributed by atoms with Gasteiger partial charge in [0, 0.05) is 42.9 Å². The predicted molar refractivity (Wildman–Crippen MR) is 163 cm³/mol. The predicted octanol–water partition coefficient (Wildman–Crippen LogP) is 2.46. The minimum atomic E-state index is -1.25. The van der Waals surface area contributed by atoms with E-state index in [1.54, 1.807) is 6.07 Å². The fraction of sp³-hybridized carbons (Fsp3) is 0.424. The van der Waals surface area contributed by atoms with Crippen LogP contribution in [-0.2, 0) is 30.5 Å². The van der Waals surface area contributed by atoms with Crippen molar-refractivity contribution in [2.24, 2.45) is 5.92 Å². The number of ether oxygens (including phenoxy) is 1. The second-order valence-corrected chi connectivity index (χ2v) is 12.4. The number of Topliss-reactive ketones (excluding diaryl/α,β-unsaturated/α-hetero) is 1. The number of aromatic nitrogens is 1. The van der Waals surface area contributed by atoms with Gasteiger partial charge >= 0.3 is 0 Å². The van der Waals surface area contributed by atoms with Crippen LogP contribution in [0.15, 0.2) is 60.7 Å². The summed E-state index contributed by atoms with van der Waals surface area (Å²) in [5.41, 5.74) is 1.42. The highest BCUT2D eigenvalue weighted by Crippen LogP contribution is 2.28. The first-order valence-electron chi connectivity index (χ1n) is 15.0. The molecule has 232 valence electrons. The third-order valence-corrected chi connectivity index (χ3v) is 7.94. The zero-order chi connectivity index (χ0) is 31.4. The number of para-hydroxylation sites is 1. The Morgan fingerprint density at radius 1 is 1.05 bits per heavy atom. The quantitative estimate of drug-likeness (QED) is 0.262. The number of carbonyl (C=O) groups excluding carboxylic acids is 5. The maximum Gasteiger partial charge on any atom is 0.289 e. The van der Waals surface area contributed by atoms with Crippen LogP contribution in [0.25, 0.3) is 10.9 Å². The fourth-order valence-electron chi connectivity index (χ4n) is 5.88. The van der Waals surface area contributed by atoms with Crippen molar-refractivity contribution in [3.05, 3.63) is 71.9 Å². The maximum atomic E-state index is 13.9. The zero-order valence-electron chi connectivity index (χ0n) is 25.2. The van der Waals surface area contributed by atoms with Crippen LogP contribution < -0.4 is 16.0 Å². The molecule has 11 nitrogen and oxygen atoms in total. The van der Waals surface area contributed by atoms with Gasteiger partial charge in [0.05, 0.1) is 17.7 Å². The Morgan fingerprint density at radius 2 is 1.77 bits per heavy atom. The summed E-state index contributed by atoms with van der Waals surface area (Å²) < 4.78 is 6.17. The molecule has 1 aromatic heterocycles. The average molecular weight is 602 g/mol. The van der Waals surface area contributed by atoms with Crippen LogP contribution in [0.4, 0.5) is 0 Å². The van der Waals surface area contributed by atoms with Crippen LogP contribution in [0.2, 0.25) is 0 Å². The van der Waals surface area contributed by atoms with Gasteiger partial charge in [-0.1, -0.05) is 48.5 Å². The number of rotatable bonds is 10. The molecule has 3 heterocycles. The molecule has 0 aliphatic carbocycles. The molecule has 44 heavy (non-hydrogen) atoms. The third-order valence-electron chi connectivity index (χ3n) is 7.94. The average Bonchev–Trinajstić information content (AvgIpc) is 3.73. The van der Waals surface area contributed by atoms with Gasteiger partial charge in [0.1, 0.15) is 11.7 Å². The van der Waals surface area contributed by atoms with E-state index >= 15 is 0 Å². The highest BCUT2D eigenvalue weighted by molar-refractivity contribution is 6.38. The van der Waals surface area contributed by atoms with Gasteiger partial charge in [0.2, 0.25) is 17.6 Å². The molecule has 2 aliphatic rings. The highest BCUT2D eigenvalue weighted by Gasteiger charge is 2.44. The van der Waals surface area contributed by atoms with Gasteiger partial charge in [0.15, 0.2) is 0 Å². The molecule has 5 rings (SSSR count). The van der Waals surface area contributed by atoms with Crippen molar-refractivity contribution in [3.63, 3.8) is 0 Å². The first-order chi connectivity index (χ1) is 21.0. The van der Waals surface area contributed by atoms with E-state index in [4.69, 9.17) is 4.74 Å². The van der Waals surface area contributed by atoms with Gasteiger partial charge in [-0.15, -0.1) is 0 Å². The molecule has 2 fully saturated rings. The molecule has 2 aliphatic heterocycles. The minimum Gasteiger partial charge on any atom is -0.371 e. The van der Waals surface area contributed by atoms with Gasteiger partial charge in [-0.2, -0.15) is 0 Å². The normalized spacial score (nSPS) is 20.8. The molecule has 0 radical (unpaired) electrons. The van der Waals surface area contributed by atoms with Crippen LogP contribution in [0, 0.1) is 5.92 Å². The Kier molecular flexibility index (Phi) is 9.14. The van der Waals surface area contributed by atoms with E-state index in [0.29, 0.717) is 18.7 Å². The van der Waals surface area contributed by atoms with E-state index in [0.717, 1.165) is 16.5 Å². The summed E-state index contributed by atoms with van der Waals surface area (Å²) in [4.78, 5) is 71.1. The summed E-state index contributed by atoms with van der Waals surface area (Å²) >= 11 is 0. The van der Waals surface area contributed by atoms with E-state index in [1.807, 2.05) is 75.4 Å². The highest BCUT2D eigenvalue weighted by atomic mass is 16.5.